The zero-order chi connectivity index (χ0) is 13.4. The van der Waals surface area contributed by atoms with Gasteiger partial charge in [-0.15, -0.1) is 27.8 Å². The first-order valence-electron chi connectivity index (χ1n) is 5.98. The van der Waals surface area contributed by atoms with E-state index in [9.17, 15) is 0 Å². The molecule has 2 aromatic rings. The number of hydrogen-bond donors (Lipinski definition) is 0. The molecule has 0 heterocycles. The van der Waals surface area contributed by atoms with E-state index in [1.54, 1.807) is 0 Å². The molecule has 2 aromatic carbocycles. The second kappa shape index (κ2) is 11.8. The molecule has 0 aromatic heterocycles. The van der Waals surface area contributed by atoms with Crippen LogP contribution in [0.5, 0.6) is 0 Å². The van der Waals surface area contributed by atoms with Gasteiger partial charge in [0, 0.05) is 0 Å². The van der Waals surface area contributed by atoms with E-state index in [0.717, 1.165) is 34.3 Å². The van der Waals surface area contributed by atoms with E-state index in [0.29, 0.717) is 0 Å². The van der Waals surface area contributed by atoms with Crippen LogP contribution >= 0.6 is 34.3 Å². The molecule has 0 spiro atoms. The molecule has 0 saturated heterocycles. The Bertz CT molecular complexity index is 368. The van der Waals surface area contributed by atoms with Gasteiger partial charge in [0.25, 0.3) is 0 Å². The standard InChI is InChI=1S/2C7H11P2.Ti/c2*1-8-6-3-4-7(5-6)9-2;/h2*3-5,8-9H,1-2H3;/q2*-1;+2. The smallest absolute Gasteiger partial charge is 0.199 e. The van der Waals surface area contributed by atoms with Gasteiger partial charge in [0.15, 0.2) is 0 Å². The molecule has 0 nitrogen and oxygen atoms in total. The maximum atomic E-state index is 2.30. The molecule has 0 fully saturated rings. The minimum absolute atomic E-state index is 0. The van der Waals surface area contributed by atoms with Crippen LogP contribution in [-0.2, 0) is 21.7 Å². The van der Waals surface area contributed by atoms with Crippen molar-refractivity contribution in [2.24, 2.45) is 0 Å². The fraction of sp³-hybridized carbons (Fsp3) is 0.286. The molecule has 0 radical (unpaired) electrons. The topological polar surface area (TPSA) is 0 Å². The molecule has 19 heavy (non-hydrogen) atoms. The van der Waals surface area contributed by atoms with Crippen LogP contribution in [0.2, 0.25) is 0 Å². The third-order valence-corrected chi connectivity index (χ3v) is 6.22. The Morgan fingerprint density at radius 3 is 1.21 bits per heavy atom. The summed E-state index contributed by atoms with van der Waals surface area (Å²) < 4.78 is 0. The van der Waals surface area contributed by atoms with Gasteiger partial charge in [0.05, 0.1) is 0 Å². The fourth-order valence-electron chi connectivity index (χ4n) is 1.51. The summed E-state index contributed by atoms with van der Waals surface area (Å²) in [4.78, 5) is 0. The van der Waals surface area contributed by atoms with Crippen LogP contribution in [0, 0.1) is 0 Å². The van der Waals surface area contributed by atoms with Crippen molar-refractivity contribution < 1.29 is 21.7 Å². The van der Waals surface area contributed by atoms with Crippen LogP contribution < -0.4 is 21.2 Å². The first-order chi connectivity index (χ1) is 8.73. The van der Waals surface area contributed by atoms with E-state index in [1.165, 1.54) is 21.2 Å². The average molecular weight is 362 g/mol. The van der Waals surface area contributed by atoms with Crippen LogP contribution in [0.15, 0.2) is 36.4 Å². The number of rotatable bonds is 4. The van der Waals surface area contributed by atoms with Crippen molar-refractivity contribution in [1.29, 1.82) is 0 Å². The fourth-order valence-corrected chi connectivity index (χ4v) is 4.00. The Balaban J connectivity index is 0.000000324. The first kappa shape index (κ1) is 20.1. The van der Waals surface area contributed by atoms with Gasteiger partial charge in [0.1, 0.15) is 0 Å². The van der Waals surface area contributed by atoms with Gasteiger partial charge in [-0.3, -0.25) is 0 Å². The van der Waals surface area contributed by atoms with E-state index in [-0.39, 0.29) is 21.7 Å². The van der Waals surface area contributed by atoms with Crippen LogP contribution in [0.1, 0.15) is 0 Å². The van der Waals surface area contributed by atoms with Crippen LogP contribution in [-0.4, -0.2) is 26.7 Å². The Hall–Kier alpha value is 1.13. The minimum Gasteiger partial charge on any atom is -0.199 e. The van der Waals surface area contributed by atoms with Gasteiger partial charge in [-0.05, 0) is 13.3 Å². The molecule has 4 unspecified atom stereocenters. The van der Waals surface area contributed by atoms with Gasteiger partial charge in [-0.25, -0.2) is 0 Å². The maximum absolute atomic E-state index is 2.30. The molecular formula is C14H22P4Ti. The second-order valence-corrected chi connectivity index (χ2v) is 8.09. The maximum Gasteiger partial charge on any atom is 2.00 e. The van der Waals surface area contributed by atoms with Crippen molar-refractivity contribution in [3.05, 3.63) is 36.4 Å². The minimum atomic E-state index is 0. The summed E-state index contributed by atoms with van der Waals surface area (Å²) in [5, 5.41) is 6.00. The molecular weight excluding hydrogens is 340 g/mol. The van der Waals surface area contributed by atoms with E-state index in [2.05, 4.69) is 63.1 Å². The van der Waals surface area contributed by atoms with Gasteiger partial charge < -0.3 is 0 Å². The summed E-state index contributed by atoms with van der Waals surface area (Å²) in [5.74, 6) is 0. The normalized spacial score (nSPS) is 12.0. The molecule has 0 saturated carbocycles. The van der Waals surface area contributed by atoms with Crippen LogP contribution in [0.3, 0.4) is 0 Å². The molecule has 2 rings (SSSR count). The van der Waals surface area contributed by atoms with Gasteiger partial charge in [0.2, 0.25) is 0 Å². The van der Waals surface area contributed by atoms with E-state index in [4.69, 9.17) is 0 Å². The molecule has 0 bridgehead atoms. The van der Waals surface area contributed by atoms with Gasteiger partial charge >= 0.3 is 21.7 Å². The monoisotopic (exact) mass is 362 g/mol. The van der Waals surface area contributed by atoms with Crippen molar-refractivity contribution in [3.63, 3.8) is 0 Å². The molecule has 0 N–H and O–H groups in total. The van der Waals surface area contributed by atoms with Crippen molar-refractivity contribution in [3.8, 4) is 0 Å². The van der Waals surface area contributed by atoms with Crippen LogP contribution in [0.25, 0.3) is 0 Å². The third-order valence-electron chi connectivity index (χ3n) is 2.66. The van der Waals surface area contributed by atoms with E-state index in [1.807, 2.05) is 0 Å². The summed E-state index contributed by atoms with van der Waals surface area (Å²) in [6.45, 7) is 8.88. The Labute approximate surface area is 140 Å². The predicted octanol–water partition coefficient (Wildman–Crippen LogP) is 2.54. The molecule has 0 aliphatic carbocycles. The molecule has 0 amide bonds. The van der Waals surface area contributed by atoms with Crippen molar-refractivity contribution in [1.82, 2.24) is 0 Å². The van der Waals surface area contributed by atoms with Crippen LogP contribution in [0.4, 0.5) is 0 Å². The molecule has 5 heteroatoms. The van der Waals surface area contributed by atoms with Crippen molar-refractivity contribution >= 4 is 55.5 Å². The summed E-state index contributed by atoms with van der Waals surface area (Å²) in [6.07, 6.45) is 0. The molecule has 4 atom stereocenters. The summed E-state index contributed by atoms with van der Waals surface area (Å²) >= 11 is 0. The van der Waals surface area contributed by atoms with Crippen molar-refractivity contribution in [2.45, 2.75) is 0 Å². The van der Waals surface area contributed by atoms with E-state index < -0.39 is 0 Å². The summed E-state index contributed by atoms with van der Waals surface area (Å²) in [6, 6.07) is 13.5. The SMILES string of the molecule is CPc1c[cH-]c(PC)c1.CPc1c[cH-]c(PC)c1.[Ti+2]. The zero-order valence-electron chi connectivity index (χ0n) is 12.0. The summed E-state index contributed by atoms with van der Waals surface area (Å²) in [7, 11) is 3.83. The summed E-state index contributed by atoms with van der Waals surface area (Å²) in [5.41, 5.74) is 0. The Morgan fingerprint density at radius 1 is 0.684 bits per heavy atom. The third kappa shape index (κ3) is 7.63. The molecule has 0 aliphatic heterocycles. The predicted molar refractivity (Wildman–Crippen MR) is 99.6 cm³/mol. The molecule has 102 valence electrons. The largest absolute Gasteiger partial charge is 2.00 e. The average Bonchev–Trinajstić information content (AvgIpc) is 3.07. The van der Waals surface area contributed by atoms with E-state index >= 15 is 0 Å². The Morgan fingerprint density at radius 2 is 1.05 bits per heavy atom. The molecule has 0 aliphatic rings. The quantitative estimate of drug-likeness (QED) is 0.446. The van der Waals surface area contributed by atoms with Crippen molar-refractivity contribution in [2.75, 3.05) is 26.7 Å². The van der Waals surface area contributed by atoms with Gasteiger partial charge in [-0.2, -0.15) is 64.2 Å². The Kier molecular flexibility index (Phi) is 12.5. The number of hydrogen-bond acceptors (Lipinski definition) is 0. The first-order valence-corrected chi connectivity index (χ1v) is 12.0. The zero-order valence-corrected chi connectivity index (χ0v) is 17.5. The van der Waals surface area contributed by atoms with Gasteiger partial charge in [-0.1, -0.05) is 13.3 Å². The second-order valence-electron chi connectivity index (χ2n) is 3.78.